The van der Waals surface area contributed by atoms with Crippen LogP contribution in [0.15, 0.2) is 60.0 Å². The Morgan fingerprint density at radius 3 is 2.55 bits per heavy atom. The van der Waals surface area contributed by atoms with E-state index in [1.807, 2.05) is 0 Å². The molecule has 1 aliphatic heterocycles. The predicted octanol–water partition coefficient (Wildman–Crippen LogP) is 4.72. The van der Waals surface area contributed by atoms with Gasteiger partial charge in [-0.25, -0.2) is 8.42 Å². The molecule has 33 heavy (non-hydrogen) atoms. The van der Waals surface area contributed by atoms with Gasteiger partial charge in [-0.2, -0.15) is 4.31 Å². The maximum absolute atomic E-state index is 13.7. The third-order valence-electron chi connectivity index (χ3n) is 6.72. The van der Waals surface area contributed by atoms with Gasteiger partial charge in [-0.1, -0.05) is 31.6 Å². The van der Waals surface area contributed by atoms with Crippen molar-refractivity contribution >= 4 is 27.3 Å². The Hall–Kier alpha value is -2.64. The highest BCUT2D eigenvalue weighted by Gasteiger charge is 2.33. The molecule has 0 unspecified atom stereocenters. The zero-order valence-electron chi connectivity index (χ0n) is 19.3. The number of fused-ring (bicyclic) bond motifs is 1. The minimum atomic E-state index is -3.68. The third-order valence-corrected chi connectivity index (χ3v) is 8.64. The van der Waals surface area contributed by atoms with E-state index in [0.717, 1.165) is 57.2 Å². The first-order chi connectivity index (χ1) is 15.9. The van der Waals surface area contributed by atoms with E-state index in [9.17, 15) is 13.2 Å². The Morgan fingerprint density at radius 2 is 1.88 bits per heavy atom. The fourth-order valence-electron chi connectivity index (χ4n) is 4.98. The molecular formula is C26H33N3O3S. The van der Waals surface area contributed by atoms with Crippen LogP contribution in [0.2, 0.25) is 0 Å². The summed E-state index contributed by atoms with van der Waals surface area (Å²) in [5.41, 5.74) is 4.17. The van der Waals surface area contributed by atoms with Crippen molar-refractivity contribution < 1.29 is 13.2 Å². The average Bonchev–Trinajstić information content (AvgIpc) is 3.36. The van der Waals surface area contributed by atoms with Gasteiger partial charge in [0.25, 0.3) is 0 Å². The van der Waals surface area contributed by atoms with Gasteiger partial charge in [0.2, 0.25) is 15.9 Å². The second-order valence-electron chi connectivity index (χ2n) is 8.85. The van der Waals surface area contributed by atoms with Crippen molar-refractivity contribution in [1.29, 1.82) is 0 Å². The smallest absolute Gasteiger partial charge is 0.247 e. The number of amides is 1. The van der Waals surface area contributed by atoms with Crippen molar-refractivity contribution in [2.45, 2.75) is 62.9 Å². The number of nitrogens with zero attached hydrogens (tertiary/aromatic N) is 2. The number of anilines is 2. The quantitative estimate of drug-likeness (QED) is 0.571. The lowest BCUT2D eigenvalue weighted by Crippen LogP contribution is -2.38. The third kappa shape index (κ3) is 5.14. The topological polar surface area (TPSA) is 69.7 Å². The van der Waals surface area contributed by atoms with Crippen molar-refractivity contribution in [3.8, 4) is 0 Å². The lowest BCUT2D eigenvalue weighted by atomic mass is 9.99. The molecule has 1 amide bonds. The summed E-state index contributed by atoms with van der Waals surface area (Å²) in [5, 5.41) is 2.66. The van der Waals surface area contributed by atoms with Crippen LogP contribution in [-0.4, -0.2) is 37.8 Å². The van der Waals surface area contributed by atoms with E-state index in [4.69, 9.17) is 0 Å². The minimum absolute atomic E-state index is 0.0123. The molecule has 0 bridgehead atoms. The van der Waals surface area contributed by atoms with Crippen molar-refractivity contribution in [3.63, 3.8) is 0 Å². The predicted molar refractivity (Wildman–Crippen MR) is 133 cm³/mol. The zero-order valence-corrected chi connectivity index (χ0v) is 20.1. The van der Waals surface area contributed by atoms with Crippen molar-refractivity contribution in [2.24, 2.45) is 0 Å². The molecule has 0 atom stereocenters. The number of sulfonamides is 1. The molecule has 1 fully saturated rings. The monoisotopic (exact) mass is 467 g/mol. The van der Waals surface area contributed by atoms with Gasteiger partial charge in [0, 0.05) is 37.1 Å². The van der Waals surface area contributed by atoms with Gasteiger partial charge in [-0.05, 0) is 80.1 Å². The highest BCUT2D eigenvalue weighted by Crippen LogP contribution is 2.33. The van der Waals surface area contributed by atoms with Gasteiger partial charge >= 0.3 is 0 Å². The SMILES string of the molecule is C=CC(=O)Nc1ccc(S(=O)(=O)N(Cc2ccc3c(c2)CCCN3CC)C2CCCC2)cc1. The van der Waals surface area contributed by atoms with Crippen LogP contribution in [0.1, 0.15) is 50.2 Å². The van der Waals surface area contributed by atoms with Gasteiger partial charge in [0.15, 0.2) is 0 Å². The highest BCUT2D eigenvalue weighted by molar-refractivity contribution is 7.89. The van der Waals surface area contributed by atoms with Crippen molar-refractivity contribution in [2.75, 3.05) is 23.3 Å². The first kappa shape index (κ1) is 23.5. The van der Waals surface area contributed by atoms with Crippen LogP contribution in [0.3, 0.4) is 0 Å². The lowest BCUT2D eigenvalue weighted by molar-refractivity contribution is -0.111. The Morgan fingerprint density at radius 1 is 1.15 bits per heavy atom. The van der Waals surface area contributed by atoms with Crippen molar-refractivity contribution in [3.05, 3.63) is 66.2 Å². The molecule has 7 heteroatoms. The Bertz CT molecular complexity index is 1110. The van der Waals surface area contributed by atoms with E-state index >= 15 is 0 Å². The molecule has 176 valence electrons. The molecule has 2 aromatic rings. The number of carbonyl (C=O) groups is 1. The van der Waals surface area contributed by atoms with Crippen LogP contribution in [-0.2, 0) is 27.8 Å². The molecule has 1 aliphatic carbocycles. The number of benzene rings is 2. The van der Waals surface area contributed by atoms with Gasteiger partial charge in [-0.15, -0.1) is 0 Å². The Balaban J connectivity index is 1.61. The number of nitrogens with one attached hydrogen (secondary N) is 1. The van der Waals surface area contributed by atoms with Crippen LogP contribution in [0.25, 0.3) is 0 Å². The maximum Gasteiger partial charge on any atom is 0.247 e. The number of rotatable bonds is 8. The molecule has 0 saturated heterocycles. The van der Waals surface area contributed by atoms with E-state index in [0.29, 0.717) is 12.2 Å². The van der Waals surface area contributed by atoms with Crippen LogP contribution >= 0.6 is 0 Å². The lowest BCUT2D eigenvalue weighted by Gasteiger charge is -2.32. The molecule has 0 spiro atoms. The minimum Gasteiger partial charge on any atom is -0.372 e. The molecular weight excluding hydrogens is 434 g/mol. The van der Waals surface area contributed by atoms with Crippen LogP contribution in [0.4, 0.5) is 11.4 Å². The fourth-order valence-corrected chi connectivity index (χ4v) is 6.65. The number of hydrogen-bond acceptors (Lipinski definition) is 4. The summed E-state index contributed by atoms with van der Waals surface area (Å²) in [5.74, 6) is -0.327. The summed E-state index contributed by atoms with van der Waals surface area (Å²) >= 11 is 0. The molecule has 1 heterocycles. The van der Waals surface area contributed by atoms with Gasteiger partial charge < -0.3 is 10.2 Å². The van der Waals surface area contributed by atoms with Gasteiger partial charge in [0.1, 0.15) is 0 Å². The molecule has 1 N–H and O–H groups in total. The summed E-state index contributed by atoms with van der Waals surface area (Å²) in [6.07, 6.45) is 7.24. The van der Waals surface area contributed by atoms with Crippen LogP contribution < -0.4 is 10.2 Å². The number of aryl methyl sites for hydroxylation is 1. The molecule has 4 rings (SSSR count). The second-order valence-corrected chi connectivity index (χ2v) is 10.7. The molecule has 1 saturated carbocycles. The summed E-state index contributed by atoms with van der Waals surface area (Å²) in [4.78, 5) is 14.2. The number of hydrogen-bond donors (Lipinski definition) is 1. The van der Waals surface area contributed by atoms with E-state index in [1.165, 1.54) is 17.3 Å². The average molecular weight is 468 g/mol. The zero-order chi connectivity index (χ0) is 23.4. The van der Waals surface area contributed by atoms with E-state index in [1.54, 1.807) is 28.6 Å². The molecule has 6 nitrogen and oxygen atoms in total. The Labute approximate surface area is 197 Å². The molecule has 0 radical (unpaired) electrons. The summed E-state index contributed by atoms with van der Waals surface area (Å²) in [6.45, 7) is 8.05. The largest absolute Gasteiger partial charge is 0.372 e. The molecule has 2 aromatic carbocycles. The molecule has 2 aliphatic rings. The van der Waals surface area contributed by atoms with E-state index in [2.05, 4.69) is 41.9 Å². The first-order valence-corrected chi connectivity index (χ1v) is 13.3. The standard InChI is InChI=1S/C26H33N3O3S/c1-3-26(30)27-22-12-14-24(15-13-22)33(31,32)29(23-9-5-6-10-23)19-20-11-16-25-21(18-20)8-7-17-28(25)4-2/h3,11-16,18,23H,1,4-10,17,19H2,2H3,(H,27,30). The normalized spacial score (nSPS) is 16.6. The summed E-state index contributed by atoms with van der Waals surface area (Å²) in [7, 11) is -3.68. The van der Waals surface area contributed by atoms with Crippen LogP contribution in [0, 0.1) is 0 Å². The Kier molecular flexibility index (Phi) is 7.20. The van der Waals surface area contributed by atoms with Gasteiger partial charge in [-0.3, -0.25) is 4.79 Å². The maximum atomic E-state index is 13.7. The van der Waals surface area contributed by atoms with Gasteiger partial charge in [0.05, 0.1) is 4.90 Å². The molecule has 0 aromatic heterocycles. The summed E-state index contributed by atoms with van der Waals surface area (Å²) in [6, 6.07) is 12.8. The highest BCUT2D eigenvalue weighted by atomic mass is 32.2. The van der Waals surface area contributed by atoms with E-state index < -0.39 is 10.0 Å². The second kappa shape index (κ2) is 10.1. The summed E-state index contributed by atoms with van der Waals surface area (Å²) < 4.78 is 29.1. The van der Waals surface area contributed by atoms with Crippen LogP contribution in [0.5, 0.6) is 0 Å². The number of carbonyl (C=O) groups excluding carboxylic acids is 1. The van der Waals surface area contributed by atoms with Crippen molar-refractivity contribution in [1.82, 2.24) is 4.31 Å². The van der Waals surface area contributed by atoms with E-state index in [-0.39, 0.29) is 16.8 Å². The first-order valence-electron chi connectivity index (χ1n) is 11.8. The fraction of sp³-hybridized carbons (Fsp3) is 0.423.